The standard InChI is InChI=1S/C19H25N3O4S2/c1-14(2)16-6-4-15(5-7-16)13-20-8-10-21(11-9-20)19-17(22(23)24)12-18(27-19)28(3,25)26/h4-7,12,14H,8-11,13H2,1-3H3. The number of hydrogen-bond acceptors (Lipinski definition) is 7. The monoisotopic (exact) mass is 423 g/mol. The first-order valence-electron chi connectivity index (χ1n) is 9.19. The Morgan fingerprint density at radius 2 is 1.75 bits per heavy atom. The summed E-state index contributed by atoms with van der Waals surface area (Å²) in [5.41, 5.74) is 2.45. The Morgan fingerprint density at radius 1 is 1.14 bits per heavy atom. The van der Waals surface area contributed by atoms with Gasteiger partial charge in [-0.2, -0.15) is 0 Å². The summed E-state index contributed by atoms with van der Waals surface area (Å²) in [4.78, 5) is 15.1. The maximum Gasteiger partial charge on any atom is 0.305 e. The van der Waals surface area contributed by atoms with E-state index in [4.69, 9.17) is 0 Å². The third-order valence-electron chi connectivity index (χ3n) is 4.95. The molecular formula is C19H25N3O4S2. The summed E-state index contributed by atoms with van der Waals surface area (Å²) >= 11 is 0.989. The molecule has 9 heteroatoms. The van der Waals surface area contributed by atoms with Crippen LogP contribution in [0.4, 0.5) is 10.7 Å². The van der Waals surface area contributed by atoms with E-state index in [0.717, 1.165) is 37.2 Å². The van der Waals surface area contributed by atoms with E-state index >= 15 is 0 Å². The van der Waals surface area contributed by atoms with Crippen LogP contribution in [0.1, 0.15) is 30.9 Å². The molecule has 1 aliphatic rings. The zero-order chi connectivity index (χ0) is 20.5. The van der Waals surface area contributed by atoms with Crippen LogP contribution in [-0.2, 0) is 16.4 Å². The molecule has 3 rings (SSSR count). The van der Waals surface area contributed by atoms with Crippen molar-refractivity contribution in [2.75, 3.05) is 37.3 Å². The first-order valence-corrected chi connectivity index (χ1v) is 11.9. The van der Waals surface area contributed by atoms with Gasteiger partial charge in [-0.05, 0) is 17.0 Å². The van der Waals surface area contributed by atoms with E-state index in [9.17, 15) is 18.5 Å². The quantitative estimate of drug-likeness (QED) is 0.522. The van der Waals surface area contributed by atoms with Gasteiger partial charge in [0.2, 0.25) is 0 Å². The molecule has 7 nitrogen and oxygen atoms in total. The number of rotatable bonds is 6. The first-order chi connectivity index (χ1) is 13.1. The molecule has 0 N–H and O–H groups in total. The molecule has 1 aromatic carbocycles. The largest absolute Gasteiger partial charge is 0.355 e. The highest BCUT2D eigenvalue weighted by Gasteiger charge is 2.29. The average Bonchev–Trinajstić information content (AvgIpc) is 3.09. The summed E-state index contributed by atoms with van der Waals surface area (Å²) in [7, 11) is -3.46. The number of benzene rings is 1. The van der Waals surface area contributed by atoms with E-state index in [1.54, 1.807) is 0 Å². The molecule has 28 heavy (non-hydrogen) atoms. The molecule has 0 amide bonds. The molecule has 0 bridgehead atoms. The predicted octanol–water partition coefficient (Wildman–Crippen LogP) is 3.51. The van der Waals surface area contributed by atoms with E-state index in [-0.39, 0.29) is 9.90 Å². The number of hydrogen-bond donors (Lipinski definition) is 0. The van der Waals surface area contributed by atoms with Crippen LogP contribution in [0.5, 0.6) is 0 Å². The molecule has 0 saturated carbocycles. The third-order valence-corrected chi connectivity index (χ3v) is 7.93. The van der Waals surface area contributed by atoms with Crippen molar-refractivity contribution in [3.8, 4) is 0 Å². The summed E-state index contributed by atoms with van der Waals surface area (Å²) in [6.45, 7) is 8.00. The average molecular weight is 424 g/mol. The van der Waals surface area contributed by atoms with Gasteiger partial charge >= 0.3 is 5.69 Å². The minimum Gasteiger partial charge on any atom is -0.355 e. The van der Waals surface area contributed by atoms with Gasteiger partial charge in [-0.15, -0.1) is 0 Å². The highest BCUT2D eigenvalue weighted by molar-refractivity contribution is 7.92. The molecular weight excluding hydrogens is 398 g/mol. The molecule has 2 heterocycles. The fourth-order valence-corrected chi connectivity index (χ4v) is 5.34. The van der Waals surface area contributed by atoms with Crippen molar-refractivity contribution in [2.45, 2.75) is 30.5 Å². The Labute approximate surface area is 169 Å². The maximum atomic E-state index is 11.8. The zero-order valence-corrected chi connectivity index (χ0v) is 17.9. The van der Waals surface area contributed by atoms with Crippen LogP contribution < -0.4 is 4.90 Å². The molecule has 0 radical (unpaired) electrons. The normalized spacial score (nSPS) is 15.9. The minimum atomic E-state index is -3.46. The highest BCUT2D eigenvalue weighted by atomic mass is 32.2. The Morgan fingerprint density at radius 3 is 2.25 bits per heavy atom. The molecule has 0 spiro atoms. The Bertz CT molecular complexity index is 944. The van der Waals surface area contributed by atoms with E-state index in [0.29, 0.717) is 24.0 Å². The van der Waals surface area contributed by atoms with Gasteiger partial charge in [0.05, 0.1) is 4.92 Å². The van der Waals surface area contributed by atoms with Crippen LogP contribution >= 0.6 is 11.3 Å². The summed E-state index contributed by atoms with van der Waals surface area (Å²) in [6, 6.07) is 9.82. The third kappa shape index (κ3) is 4.71. The molecule has 0 atom stereocenters. The lowest BCUT2D eigenvalue weighted by molar-refractivity contribution is -0.383. The summed E-state index contributed by atoms with van der Waals surface area (Å²) in [5, 5.41) is 11.8. The van der Waals surface area contributed by atoms with E-state index in [1.807, 2.05) is 4.90 Å². The van der Waals surface area contributed by atoms with Crippen LogP contribution in [0.2, 0.25) is 0 Å². The van der Waals surface area contributed by atoms with Crippen LogP contribution in [0.15, 0.2) is 34.5 Å². The number of thiophene rings is 1. The summed E-state index contributed by atoms with van der Waals surface area (Å²) < 4.78 is 23.6. The van der Waals surface area contributed by atoms with Gasteiger partial charge in [0.15, 0.2) is 14.8 Å². The molecule has 2 aromatic rings. The van der Waals surface area contributed by atoms with E-state index in [2.05, 4.69) is 43.0 Å². The van der Waals surface area contributed by atoms with Gasteiger partial charge in [-0.3, -0.25) is 15.0 Å². The number of nitrogens with zero attached hydrogens (tertiary/aromatic N) is 3. The van der Waals surface area contributed by atoms with E-state index < -0.39 is 14.8 Å². The lowest BCUT2D eigenvalue weighted by Gasteiger charge is -2.35. The van der Waals surface area contributed by atoms with E-state index in [1.165, 1.54) is 17.2 Å². The molecule has 0 aliphatic carbocycles. The second-order valence-corrected chi connectivity index (χ2v) is 10.7. The van der Waals surface area contributed by atoms with Gasteiger partial charge in [0, 0.05) is 45.0 Å². The lowest BCUT2D eigenvalue weighted by atomic mass is 10.0. The van der Waals surface area contributed by atoms with Gasteiger partial charge < -0.3 is 4.90 Å². The van der Waals surface area contributed by atoms with Gasteiger partial charge in [-0.25, -0.2) is 8.42 Å². The SMILES string of the molecule is CC(C)c1ccc(CN2CCN(c3sc(S(C)(=O)=O)cc3[N+](=O)[O-])CC2)cc1. The predicted molar refractivity (Wildman–Crippen MR) is 112 cm³/mol. The Kier molecular flexibility index (Phi) is 6.07. The highest BCUT2D eigenvalue weighted by Crippen LogP contribution is 2.40. The topological polar surface area (TPSA) is 83.8 Å². The number of nitro groups is 1. The maximum absolute atomic E-state index is 11.8. The van der Waals surface area contributed by atoms with Crippen molar-refractivity contribution < 1.29 is 13.3 Å². The molecule has 1 fully saturated rings. The Balaban J connectivity index is 1.67. The molecule has 152 valence electrons. The van der Waals surface area contributed by atoms with Gasteiger partial charge in [-0.1, -0.05) is 49.4 Å². The molecule has 1 aromatic heterocycles. The smallest absolute Gasteiger partial charge is 0.305 e. The zero-order valence-electron chi connectivity index (χ0n) is 16.3. The molecule has 0 unspecified atom stereocenters. The van der Waals surface area contributed by atoms with Crippen molar-refractivity contribution in [2.24, 2.45) is 0 Å². The van der Waals surface area contributed by atoms with Crippen LogP contribution in [0.3, 0.4) is 0 Å². The summed E-state index contributed by atoms with van der Waals surface area (Å²) in [5.74, 6) is 0.510. The number of sulfone groups is 1. The second kappa shape index (κ2) is 8.18. The van der Waals surface area contributed by atoms with Crippen LogP contribution in [0.25, 0.3) is 0 Å². The van der Waals surface area contributed by atoms with Crippen LogP contribution in [-0.4, -0.2) is 50.7 Å². The number of anilines is 1. The van der Waals surface area contributed by atoms with Crippen molar-refractivity contribution in [3.05, 3.63) is 51.6 Å². The summed E-state index contributed by atoms with van der Waals surface area (Å²) in [6.07, 6.45) is 1.08. The van der Waals surface area contributed by atoms with Crippen molar-refractivity contribution >= 4 is 31.9 Å². The fraction of sp³-hybridized carbons (Fsp3) is 0.474. The fourth-order valence-electron chi connectivity index (χ4n) is 3.27. The van der Waals surface area contributed by atoms with Crippen LogP contribution in [0, 0.1) is 10.1 Å². The van der Waals surface area contributed by atoms with Gasteiger partial charge in [0.1, 0.15) is 4.21 Å². The van der Waals surface area contributed by atoms with Crippen molar-refractivity contribution in [1.82, 2.24) is 4.90 Å². The lowest BCUT2D eigenvalue weighted by Crippen LogP contribution is -2.45. The first kappa shape index (κ1) is 20.8. The minimum absolute atomic E-state index is 0.0434. The Hall–Kier alpha value is -1.97. The van der Waals surface area contributed by atoms with Gasteiger partial charge in [0.25, 0.3) is 0 Å². The molecule has 1 aliphatic heterocycles. The molecule has 1 saturated heterocycles. The second-order valence-electron chi connectivity index (χ2n) is 7.44. The number of piperazine rings is 1. The van der Waals surface area contributed by atoms with Crippen molar-refractivity contribution in [1.29, 1.82) is 0 Å². The van der Waals surface area contributed by atoms with Crippen molar-refractivity contribution in [3.63, 3.8) is 0 Å².